The number of imidazole rings is 1. The fourth-order valence-corrected chi connectivity index (χ4v) is 1.80. The number of benzene rings is 1. The quantitative estimate of drug-likeness (QED) is 0.732. The van der Waals surface area contributed by atoms with Crippen LogP contribution in [0.1, 0.15) is 0 Å². The second-order valence-corrected chi connectivity index (χ2v) is 4.03. The fraction of sp³-hybridized carbons (Fsp3) is 0.0833. The van der Waals surface area contributed by atoms with Gasteiger partial charge in [-0.1, -0.05) is 6.07 Å². The fourth-order valence-electron chi connectivity index (χ4n) is 1.80. The highest BCUT2D eigenvalue weighted by molar-refractivity contribution is 5.71. The molecule has 19 heavy (non-hydrogen) atoms. The van der Waals surface area contributed by atoms with Crippen LogP contribution in [0, 0.1) is 5.82 Å². The van der Waals surface area contributed by atoms with Crippen molar-refractivity contribution >= 4 is 22.8 Å². The summed E-state index contributed by atoms with van der Waals surface area (Å²) in [5.41, 5.74) is 0.900. The molecule has 0 unspecified atom stereocenters. The van der Waals surface area contributed by atoms with Crippen LogP contribution in [0.25, 0.3) is 11.2 Å². The van der Waals surface area contributed by atoms with Crippen LogP contribution < -0.4 is 10.5 Å². The average Bonchev–Trinajstić information content (AvgIpc) is 2.86. The zero-order valence-corrected chi connectivity index (χ0v) is 10.0. The molecule has 0 aliphatic carbocycles. The molecule has 2 N–H and O–H groups in total. The first-order valence-electron chi connectivity index (χ1n) is 5.58. The predicted octanol–water partition coefficient (Wildman–Crippen LogP) is 1.55. The van der Waals surface area contributed by atoms with E-state index in [1.807, 2.05) is 0 Å². The van der Waals surface area contributed by atoms with E-state index in [9.17, 15) is 9.18 Å². The number of halogens is 1. The van der Waals surface area contributed by atoms with Crippen LogP contribution in [0.2, 0.25) is 0 Å². The topological polar surface area (TPSA) is 77.7 Å². The zero-order valence-electron chi connectivity index (χ0n) is 10.0. The minimum atomic E-state index is -0.354. The van der Waals surface area contributed by atoms with Crippen molar-refractivity contribution in [2.75, 3.05) is 11.9 Å². The third-order valence-electron chi connectivity index (χ3n) is 2.80. The number of nitrogens with one attached hydrogen (secondary N) is 2. The van der Waals surface area contributed by atoms with Crippen molar-refractivity contribution in [3.8, 4) is 0 Å². The summed E-state index contributed by atoms with van der Waals surface area (Å²) in [4.78, 5) is 26.9. The van der Waals surface area contributed by atoms with Gasteiger partial charge in [0, 0.05) is 12.7 Å². The summed E-state index contributed by atoms with van der Waals surface area (Å²) in [5, 5.41) is 0. The second-order valence-electron chi connectivity index (χ2n) is 4.03. The normalized spacial score (nSPS) is 10.8. The van der Waals surface area contributed by atoms with Crippen molar-refractivity contribution in [1.29, 1.82) is 0 Å². The summed E-state index contributed by atoms with van der Waals surface area (Å²) in [6.45, 7) is 0. The minimum Gasteiger partial charge on any atom is -0.339 e. The summed E-state index contributed by atoms with van der Waals surface area (Å²) < 4.78 is 13.2. The lowest BCUT2D eigenvalue weighted by Crippen LogP contribution is -2.18. The average molecular weight is 259 g/mol. The predicted molar refractivity (Wildman–Crippen MR) is 69.0 cm³/mol. The van der Waals surface area contributed by atoms with Crippen LogP contribution in [0.5, 0.6) is 0 Å². The number of aromatic nitrogens is 4. The second kappa shape index (κ2) is 4.20. The van der Waals surface area contributed by atoms with Crippen molar-refractivity contribution in [3.63, 3.8) is 0 Å². The van der Waals surface area contributed by atoms with E-state index in [0.29, 0.717) is 22.8 Å². The van der Waals surface area contributed by atoms with E-state index in [4.69, 9.17) is 0 Å². The molecule has 1 aromatic carbocycles. The van der Waals surface area contributed by atoms with E-state index in [1.165, 1.54) is 18.5 Å². The van der Waals surface area contributed by atoms with Gasteiger partial charge < -0.3 is 9.88 Å². The Morgan fingerprint density at radius 3 is 3.00 bits per heavy atom. The molecule has 6 nitrogen and oxygen atoms in total. The maximum absolute atomic E-state index is 13.2. The molecular formula is C12H10FN5O. The standard InChI is InChI=1S/C12H10FN5O/c1-18(8-4-2-3-7(13)5-8)12-16-10-9(11(19)17-12)14-6-15-10/h2-6H,1H3,(H2,14,15,16,17,19). The van der Waals surface area contributed by atoms with Crippen molar-refractivity contribution in [2.24, 2.45) is 0 Å². The summed E-state index contributed by atoms with van der Waals surface area (Å²) in [5.74, 6) is -0.0530. The number of fused-ring (bicyclic) bond motifs is 1. The molecule has 0 spiro atoms. The molecule has 2 aromatic heterocycles. The highest BCUT2D eigenvalue weighted by Gasteiger charge is 2.11. The molecule has 0 saturated carbocycles. The van der Waals surface area contributed by atoms with Gasteiger partial charge in [-0.15, -0.1) is 0 Å². The van der Waals surface area contributed by atoms with Gasteiger partial charge in [0.2, 0.25) is 5.95 Å². The molecule has 3 aromatic rings. The van der Waals surface area contributed by atoms with E-state index < -0.39 is 0 Å². The Balaban J connectivity index is 2.11. The van der Waals surface area contributed by atoms with E-state index in [-0.39, 0.29) is 11.4 Å². The van der Waals surface area contributed by atoms with Crippen molar-refractivity contribution < 1.29 is 4.39 Å². The van der Waals surface area contributed by atoms with Gasteiger partial charge in [-0.05, 0) is 18.2 Å². The Morgan fingerprint density at radius 1 is 1.37 bits per heavy atom. The van der Waals surface area contributed by atoms with Gasteiger partial charge in [0.1, 0.15) is 5.82 Å². The molecule has 96 valence electrons. The summed E-state index contributed by atoms with van der Waals surface area (Å²) >= 11 is 0. The van der Waals surface area contributed by atoms with Gasteiger partial charge in [0.15, 0.2) is 11.2 Å². The van der Waals surface area contributed by atoms with Crippen molar-refractivity contribution in [1.82, 2.24) is 19.9 Å². The molecule has 0 amide bonds. The lowest BCUT2D eigenvalue weighted by Gasteiger charge is -2.17. The number of rotatable bonds is 2. The monoisotopic (exact) mass is 259 g/mol. The van der Waals surface area contributed by atoms with Gasteiger partial charge in [0.25, 0.3) is 5.56 Å². The van der Waals surface area contributed by atoms with Crippen molar-refractivity contribution in [3.05, 3.63) is 46.8 Å². The summed E-state index contributed by atoms with van der Waals surface area (Å²) in [6, 6.07) is 6.02. The number of nitrogens with zero attached hydrogens (tertiary/aromatic N) is 3. The van der Waals surface area contributed by atoms with Crippen LogP contribution in [0.15, 0.2) is 35.4 Å². The zero-order chi connectivity index (χ0) is 13.4. The number of hydrogen-bond donors (Lipinski definition) is 2. The van der Waals surface area contributed by atoms with Crippen LogP contribution in [-0.2, 0) is 0 Å². The molecule has 3 rings (SSSR count). The third kappa shape index (κ3) is 1.95. The van der Waals surface area contributed by atoms with E-state index in [1.54, 1.807) is 24.1 Å². The molecule has 0 saturated heterocycles. The Morgan fingerprint density at radius 2 is 2.21 bits per heavy atom. The lowest BCUT2D eigenvalue weighted by molar-refractivity contribution is 0.628. The number of H-pyrrole nitrogens is 2. The molecule has 0 radical (unpaired) electrons. The van der Waals surface area contributed by atoms with Gasteiger partial charge in [0.05, 0.1) is 6.33 Å². The first-order chi connectivity index (χ1) is 9.15. The van der Waals surface area contributed by atoms with Gasteiger partial charge in [-0.2, -0.15) is 4.98 Å². The maximum Gasteiger partial charge on any atom is 0.278 e. The smallest absolute Gasteiger partial charge is 0.278 e. The first-order valence-corrected chi connectivity index (χ1v) is 5.58. The van der Waals surface area contributed by atoms with Crippen LogP contribution in [0.3, 0.4) is 0 Å². The lowest BCUT2D eigenvalue weighted by atomic mass is 10.3. The Bertz CT molecular complexity index is 794. The molecule has 0 aliphatic rings. The molecule has 7 heteroatoms. The molecule has 0 atom stereocenters. The van der Waals surface area contributed by atoms with Crippen LogP contribution in [-0.4, -0.2) is 27.0 Å². The molecule has 0 aliphatic heterocycles. The minimum absolute atomic E-state index is 0.301. The largest absolute Gasteiger partial charge is 0.339 e. The molecule has 0 fully saturated rings. The number of anilines is 2. The van der Waals surface area contributed by atoms with Crippen LogP contribution >= 0.6 is 0 Å². The highest BCUT2D eigenvalue weighted by Crippen LogP contribution is 2.20. The SMILES string of the molecule is CN(c1cccc(F)c1)c1nc2nc[nH]c2c(=O)[nH]1. The Labute approximate surface area is 106 Å². The molecule has 0 bridgehead atoms. The van der Waals surface area contributed by atoms with E-state index in [0.717, 1.165) is 0 Å². The van der Waals surface area contributed by atoms with E-state index >= 15 is 0 Å². The highest BCUT2D eigenvalue weighted by atomic mass is 19.1. The van der Waals surface area contributed by atoms with Crippen LogP contribution in [0.4, 0.5) is 16.0 Å². The summed E-state index contributed by atoms with van der Waals surface area (Å²) in [6.07, 6.45) is 1.40. The van der Waals surface area contributed by atoms with Gasteiger partial charge in [-0.25, -0.2) is 9.37 Å². The van der Waals surface area contributed by atoms with Gasteiger partial charge >= 0.3 is 0 Å². The Hall–Kier alpha value is -2.70. The maximum atomic E-state index is 13.2. The van der Waals surface area contributed by atoms with E-state index in [2.05, 4.69) is 19.9 Å². The molecular weight excluding hydrogens is 249 g/mol. The number of aromatic amines is 2. The third-order valence-corrected chi connectivity index (χ3v) is 2.80. The molecule has 2 heterocycles. The number of hydrogen-bond acceptors (Lipinski definition) is 4. The first kappa shape index (κ1) is 11.4. The van der Waals surface area contributed by atoms with Gasteiger partial charge in [-0.3, -0.25) is 9.78 Å². The summed E-state index contributed by atoms with van der Waals surface area (Å²) in [7, 11) is 1.69. The Kier molecular flexibility index (Phi) is 2.52. The van der Waals surface area contributed by atoms with Crippen molar-refractivity contribution in [2.45, 2.75) is 0 Å².